The summed E-state index contributed by atoms with van der Waals surface area (Å²) in [5.74, 6) is 1.03. The molecule has 118 valence electrons. The lowest BCUT2D eigenvalue weighted by Crippen LogP contribution is -2.47. The third-order valence-corrected chi connectivity index (χ3v) is 4.51. The van der Waals surface area contributed by atoms with Crippen molar-refractivity contribution in [1.82, 2.24) is 5.32 Å². The zero-order valence-electron chi connectivity index (χ0n) is 14.0. The van der Waals surface area contributed by atoms with Gasteiger partial charge in [-0.2, -0.15) is 0 Å². The van der Waals surface area contributed by atoms with Gasteiger partial charge in [-0.05, 0) is 43.9 Å². The highest BCUT2D eigenvalue weighted by molar-refractivity contribution is 5.59. The number of para-hydroxylation sites is 2. The molecule has 1 aliphatic rings. The van der Waals surface area contributed by atoms with Gasteiger partial charge in [0.25, 0.3) is 0 Å². The number of nitrogens with zero attached hydrogens (tertiary/aromatic N) is 1. The number of rotatable bonds is 6. The van der Waals surface area contributed by atoms with Gasteiger partial charge >= 0.3 is 0 Å². The summed E-state index contributed by atoms with van der Waals surface area (Å²) in [6, 6.07) is 8.92. The maximum atomic E-state index is 5.86. The molecule has 1 aliphatic heterocycles. The van der Waals surface area contributed by atoms with Crippen LogP contribution in [0.2, 0.25) is 0 Å². The Bertz CT molecular complexity index is 445. The number of ether oxygens (including phenoxy) is 1. The van der Waals surface area contributed by atoms with Gasteiger partial charge in [0, 0.05) is 19.1 Å². The second-order valence-electron chi connectivity index (χ2n) is 6.76. The third kappa shape index (κ3) is 4.13. The Balaban J connectivity index is 2.11. The molecule has 0 saturated heterocycles. The van der Waals surface area contributed by atoms with Crippen molar-refractivity contribution in [1.29, 1.82) is 0 Å². The van der Waals surface area contributed by atoms with Crippen LogP contribution in [0.5, 0.6) is 5.75 Å². The highest BCUT2D eigenvalue weighted by Gasteiger charge is 2.29. The minimum absolute atomic E-state index is 0.215. The van der Waals surface area contributed by atoms with Crippen LogP contribution in [-0.4, -0.2) is 32.3 Å². The third-order valence-electron chi connectivity index (χ3n) is 4.51. The Labute approximate surface area is 129 Å². The normalized spacial score (nSPS) is 16.9. The number of anilines is 1. The number of fused-ring (bicyclic) bond motifs is 1. The summed E-state index contributed by atoms with van der Waals surface area (Å²) in [4.78, 5) is 2.49. The quantitative estimate of drug-likeness (QED) is 0.865. The molecule has 0 fully saturated rings. The van der Waals surface area contributed by atoms with Gasteiger partial charge in [-0.15, -0.1) is 0 Å². The molecule has 1 atom stereocenters. The van der Waals surface area contributed by atoms with Crippen molar-refractivity contribution < 1.29 is 4.74 Å². The first-order chi connectivity index (χ1) is 10.0. The van der Waals surface area contributed by atoms with Crippen LogP contribution in [0.25, 0.3) is 0 Å². The van der Waals surface area contributed by atoms with E-state index in [1.807, 2.05) is 0 Å². The molecule has 0 amide bonds. The number of benzene rings is 1. The Morgan fingerprint density at radius 1 is 1.33 bits per heavy atom. The maximum Gasteiger partial charge on any atom is 0.142 e. The summed E-state index contributed by atoms with van der Waals surface area (Å²) >= 11 is 0. The number of hydrogen-bond donors (Lipinski definition) is 1. The molecule has 21 heavy (non-hydrogen) atoms. The van der Waals surface area contributed by atoms with Crippen LogP contribution in [0.3, 0.4) is 0 Å². The average molecular weight is 290 g/mol. The molecule has 2 rings (SSSR count). The van der Waals surface area contributed by atoms with Crippen LogP contribution in [0.1, 0.15) is 40.5 Å². The van der Waals surface area contributed by atoms with Crippen LogP contribution in [-0.2, 0) is 0 Å². The highest BCUT2D eigenvalue weighted by atomic mass is 16.5. The van der Waals surface area contributed by atoms with Crippen LogP contribution >= 0.6 is 0 Å². The van der Waals surface area contributed by atoms with Crippen molar-refractivity contribution in [3.8, 4) is 5.75 Å². The molecule has 1 N–H and O–H groups in total. The lowest BCUT2D eigenvalue weighted by molar-refractivity contribution is 0.260. The van der Waals surface area contributed by atoms with E-state index in [1.165, 1.54) is 12.1 Å². The Hall–Kier alpha value is -1.22. The molecule has 1 aromatic carbocycles. The summed E-state index contributed by atoms with van der Waals surface area (Å²) < 4.78 is 5.86. The van der Waals surface area contributed by atoms with Gasteiger partial charge in [-0.25, -0.2) is 0 Å². The zero-order chi connectivity index (χ0) is 15.3. The Kier molecular flexibility index (Phi) is 5.51. The second kappa shape index (κ2) is 7.17. The Morgan fingerprint density at radius 2 is 2.10 bits per heavy atom. The minimum Gasteiger partial charge on any atom is -0.491 e. The van der Waals surface area contributed by atoms with Crippen LogP contribution < -0.4 is 15.0 Å². The fourth-order valence-corrected chi connectivity index (χ4v) is 2.83. The molecule has 0 saturated carbocycles. The molecule has 0 aromatic heterocycles. The summed E-state index contributed by atoms with van der Waals surface area (Å²) in [6.07, 6.45) is 2.27. The molecule has 0 bridgehead atoms. The lowest BCUT2D eigenvalue weighted by Gasteiger charge is -2.38. The van der Waals surface area contributed by atoms with E-state index < -0.39 is 0 Å². The lowest BCUT2D eigenvalue weighted by atomic mass is 9.84. The monoisotopic (exact) mass is 290 g/mol. The summed E-state index contributed by atoms with van der Waals surface area (Å²) in [6.45, 7) is 13.3. The molecule has 0 radical (unpaired) electrons. The van der Waals surface area contributed by atoms with E-state index in [1.54, 1.807) is 0 Å². The van der Waals surface area contributed by atoms with Gasteiger partial charge in [0.05, 0.1) is 12.3 Å². The van der Waals surface area contributed by atoms with Crippen LogP contribution in [0, 0.1) is 5.41 Å². The van der Waals surface area contributed by atoms with E-state index in [2.05, 4.69) is 62.2 Å². The highest BCUT2D eigenvalue weighted by Crippen LogP contribution is 2.33. The van der Waals surface area contributed by atoms with Crippen LogP contribution in [0.15, 0.2) is 24.3 Å². The SMILES string of the molecule is CCCNC(C)C(C)(C)CN1CCCOc2ccccc21. The van der Waals surface area contributed by atoms with Crippen molar-refractivity contribution in [2.24, 2.45) is 5.41 Å². The predicted octanol–water partition coefficient (Wildman–Crippen LogP) is 3.69. The first kappa shape index (κ1) is 16.2. The average Bonchev–Trinajstić information content (AvgIpc) is 2.67. The summed E-state index contributed by atoms with van der Waals surface area (Å²) in [5.41, 5.74) is 1.46. The van der Waals surface area contributed by atoms with Gasteiger partial charge in [0.15, 0.2) is 0 Å². The number of nitrogens with one attached hydrogen (secondary N) is 1. The summed E-state index contributed by atoms with van der Waals surface area (Å²) in [5, 5.41) is 3.64. The fourth-order valence-electron chi connectivity index (χ4n) is 2.83. The van der Waals surface area contributed by atoms with Gasteiger partial charge in [0.2, 0.25) is 0 Å². The van der Waals surface area contributed by atoms with E-state index in [4.69, 9.17) is 4.74 Å². The van der Waals surface area contributed by atoms with E-state index in [0.717, 1.165) is 38.4 Å². The fraction of sp³-hybridized carbons (Fsp3) is 0.667. The molecule has 0 aliphatic carbocycles. The molecule has 1 heterocycles. The van der Waals surface area contributed by atoms with Crippen molar-refractivity contribution in [3.05, 3.63) is 24.3 Å². The molecular formula is C18H30N2O. The summed E-state index contributed by atoms with van der Waals surface area (Å²) in [7, 11) is 0. The van der Waals surface area contributed by atoms with E-state index in [0.29, 0.717) is 6.04 Å². The molecule has 1 aromatic rings. The van der Waals surface area contributed by atoms with Gasteiger partial charge in [0.1, 0.15) is 5.75 Å². The molecule has 0 spiro atoms. The largest absolute Gasteiger partial charge is 0.491 e. The Morgan fingerprint density at radius 3 is 2.86 bits per heavy atom. The van der Waals surface area contributed by atoms with E-state index in [9.17, 15) is 0 Å². The first-order valence-electron chi connectivity index (χ1n) is 8.25. The van der Waals surface area contributed by atoms with E-state index >= 15 is 0 Å². The second-order valence-corrected chi connectivity index (χ2v) is 6.76. The smallest absolute Gasteiger partial charge is 0.142 e. The minimum atomic E-state index is 0.215. The molecule has 3 nitrogen and oxygen atoms in total. The van der Waals surface area contributed by atoms with Crippen molar-refractivity contribution in [2.75, 3.05) is 31.1 Å². The maximum absolute atomic E-state index is 5.86. The van der Waals surface area contributed by atoms with E-state index in [-0.39, 0.29) is 5.41 Å². The molecule has 1 unspecified atom stereocenters. The standard InChI is InChI=1S/C18H30N2O/c1-5-11-19-15(2)18(3,4)14-20-12-8-13-21-17-10-7-6-9-16(17)20/h6-7,9-10,15,19H,5,8,11-14H2,1-4H3. The number of hydrogen-bond acceptors (Lipinski definition) is 3. The van der Waals surface area contributed by atoms with Gasteiger partial charge in [-0.3, -0.25) is 0 Å². The topological polar surface area (TPSA) is 24.5 Å². The molecule has 3 heteroatoms. The first-order valence-corrected chi connectivity index (χ1v) is 8.25. The van der Waals surface area contributed by atoms with Crippen molar-refractivity contribution in [2.45, 2.75) is 46.6 Å². The van der Waals surface area contributed by atoms with Crippen molar-refractivity contribution >= 4 is 5.69 Å². The van der Waals surface area contributed by atoms with Gasteiger partial charge in [-0.1, -0.05) is 32.9 Å². The van der Waals surface area contributed by atoms with Crippen LogP contribution in [0.4, 0.5) is 5.69 Å². The van der Waals surface area contributed by atoms with Gasteiger partial charge < -0.3 is 15.0 Å². The zero-order valence-corrected chi connectivity index (χ0v) is 14.0. The predicted molar refractivity (Wildman–Crippen MR) is 90.3 cm³/mol. The molecular weight excluding hydrogens is 260 g/mol. The van der Waals surface area contributed by atoms with Crippen molar-refractivity contribution in [3.63, 3.8) is 0 Å².